The van der Waals surface area contributed by atoms with Crippen molar-refractivity contribution in [1.29, 1.82) is 0 Å². The van der Waals surface area contributed by atoms with E-state index >= 15 is 0 Å². The van der Waals surface area contributed by atoms with Crippen LogP contribution in [0.5, 0.6) is 0 Å². The van der Waals surface area contributed by atoms with Crippen molar-refractivity contribution >= 4 is 28.0 Å². The summed E-state index contributed by atoms with van der Waals surface area (Å²) in [5.74, 6) is 2.57. The number of rotatable bonds is 4. The molecule has 0 atom stereocenters. The van der Waals surface area contributed by atoms with Crippen LogP contribution in [0, 0.1) is 0 Å². The summed E-state index contributed by atoms with van der Waals surface area (Å²) in [6.07, 6.45) is 8.37. The zero-order chi connectivity index (χ0) is 17.8. The van der Waals surface area contributed by atoms with E-state index < -0.39 is 0 Å². The van der Waals surface area contributed by atoms with E-state index in [0.717, 1.165) is 34.9 Å². The molecule has 1 N–H and O–H groups in total. The van der Waals surface area contributed by atoms with Gasteiger partial charge in [-0.2, -0.15) is 0 Å². The van der Waals surface area contributed by atoms with Gasteiger partial charge in [0.25, 0.3) is 0 Å². The largest absolute Gasteiger partial charge is 0.351 e. The second-order valence-corrected chi connectivity index (χ2v) is 7.68. The summed E-state index contributed by atoms with van der Waals surface area (Å²) < 4.78 is 2.40. The fourth-order valence-corrected chi connectivity index (χ4v) is 4.08. The standard InChI is InChI=1S/C21H20N6/c1-2-5-17-14(4-1)12-23-21(26-17)24-15-10-16(11-15)27-19(13-7-8-13)25-18-6-3-9-22-20(18)27/h1-6,9,12-13,15-16H,7-8,10-11H2,(H,23,24,26)/t15-,16-. The van der Waals surface area contributed by atoms with E-state index in [0.29, 0.717) is 23.9 Å². The van der Waals surface area contributed by atoms with Crippen molar-refractivity contribution in [2.24, 2.45) is 0 Å². The molecular formula is C21H20N6. The number of benzene rings is 1. The van der Waals surface area contributed by atoms with Gasteiger partial charge in [-0.1, -0.05) is 18.2 Å². The Bertz CT molecular complexity index is 1140. The molecule has 0 bridgehead atoms. The highest BCUT2D eigenvalue weighted by molar-refractivity contribution is 5.78. The molecule has 2 saturated carbocycles. The van der Waals surface area contributed by atoms with Crippen LogP contribution in [0.1, 0.15) is 43.5 Å². The van der Waals surface area contributed by atoms with Crippen molar-refractivity contribution in [2.45, 2.75) is 43.7 Å². The van der Waals surface area contributed by atoms with Gasteiger partial charge in [0.15, 0.2) is 5.65 Å². The molecule has 0 unspecified atom stereocenters. The third-order valence-electron chi connectivity index (χ3n) is 5.72. The third kappa shape index (κ3) is 2.55. The van der Waals surface area contributed by atoms with Gasteiger partial charge >= 0.3 is 0 Å². The lowest BCUT2D eigenvalue weighted by atomic mass is 9.86. The van der Waals surface area contributed by atoms with Crippen molar-refractivity contribution in [3.05, 3.63) is 54.6 Å². The van der Waals surface area contributed by atoms with Gasteiger partial charge in [-0.05, 0) is 43.9 Å². The Hall–Kier alpha value is -3.02. The van der Waals surface area contributed by atoms with Crippen LogP contribution in [0.25, 0.3) is 22.1 Å². The molecule has 0 spiro atoms. The Morgan fingerprint density at radius 1 is 0.926 bits per heavy atom. The smallest absolute Gasteiger partial charge is 0.223 e. The molecule has 0 aliphatic heterocycles. The molecule has 0 saturated heterocycles. The van der Waals surface area contributed by atoms with Gasteiger partial charge in [-0.15, -0.1) is 0 Å². The number of para-hydroxylation sites is 1. The molecule has 1 aromatic carbocycles. The molecular weight excluding hydrogens is 336 g/mol. The summed E-state index contributed by atoms with van der Waals surface area (Å²) in [5, 5.41) is 4.57. The molecule has 6 rings (SSSR count). The monoisotopic (exact) mass is 356 g/mol. The van der Waals surface area contributed by atoms with Crippen molar-refractivity contribution in [1.82, 2.24) is 24.5 Å². The lowest BCUT2D eigenvalue weighted by Gasteiger charge is -2.37. The number of fused-ring (bicyclic) bond motifs is 2. The zero-order valence-electron chi connectivity index (χ0n) is 14.9. The summed E-state index contributed by atoms with van der Waals surface area (Å²) in [7, 11) is 0. The number of hydrogen-bond donors (Lipinski definition) is 1. The second kappa shape index (κ2) is 5.74. The highest BCUT2D eigenvalue weighted by Gasteiger charge is 2.37. The first-order valence-electron chi connectivity index (χ1n) is 9.66. The third-order valence-corrected chi connectivity index (χ3v) is 5.72. The van der Waals surface area contributed by atoms with E-state index in [4.69, 9.17) is 4.98 Å². The molecule has 0 radical (unpaired) electrons. The van der Waals surface area contributed by atoms with Gasteiger partial charge in [0, 0.05) is 35.8 Å². The molecule has 4 aromatic rings. The van der Waals surface area contributed by atoms with E-state index in [9.17, 15) is 0 Å². The van der Waals surface area contributed by atoms with Gasteiger partial charge in [0.2, 0.25) is 5.95 Å². The highest BCUT2D eigenvalue weighted by atomic mass is 15.2. The van der Waals surface area contributed by atoms with Crippen LogP contribution < -0.4 is 5.32 Å². The van der Waals surface area contributed by atoms with Gasteiger partial charge in [-0.25, -0.2) is 19.9 Å². The number of aromatic nitrogens is 5. The molecule has 3 aromatic heterocycles. The van der Waals surface area contributed by atoms with Crippen LogP contribution in [0.4, 0.5) is 5.95 Å². The minimum absolute atomic E-state index is 0.393. The molecule has 6 nitrogen and oxygen atoms in total. The van der Waals surface area contributed by atoms with Crippen LogP contribution in [0.15, 0.2) is 48.8 Å². The SMILES string of the molecule is c1ccc2nc(N[C@H]3C[C@H](n4c(C5CC5)nc5cccnc54)C3)ncc2c1. The van der Waals surface area contributed by atoms with Crippen molar-refractivity contribution in [3.63, 3.8) is 0 Å². The summed E-state index contributed by atoms with van der Waals surface area (Å²) in [6, 6.07) is 13.0. The first-order chi connectivity index (χ1) is 13.3. The van der Waals surface area contributed by atoms with Gasteiger partial charge in [0.1, 0.15) is 11.3 Å². The molecule has 2 aliphatic rings. The average molecular weight is 356 g/mol. The summed E-state index contributed by atoms with van der Waals surface area (Å²) in [6.45, 7) is 0. The van der Waals surface area contributed by atoms with Crippen LogP contribution >= 0.6 is 0 Å². The maximum absolute atomic E-state index is 4.88. The number of hydrogen-bond acceptors (Lipinski definition) is 5. The summed E-state index contributed by atoms with van der Waals surface area (Å²) >= 11 is 0. The predicted octanol–water partition coefficient (Wildman–Crippen LogP) is 4.07. The minimum Gasteiger partial charge on any atom is -0.351 e. The average Bonchev–Trinajstić information content (AvgIpc) is 3.45. The fourth-order valence-electron chi connectivity index (χ4n) is 4.08. The van der Waals surface area contributed by atoms with Crippen molar-refractivity contribution in [2.75, 3.05) is 5.32 Å². The Balaban J connectivity index is 1.23. The number of nitrogens with zero attached hydrogens (tertiary/aromatic N) is 5. The Labute approximate surface area is 156 Å². The number of anilines is 1. The fraction of sp³-hybridized carbons (Fsp3) is 0.333. The Morgan fingerprint density at radius 2 is 1.78 bits per heavy atom. The summed E-state index contributed by atoms with van der Waals surface area (Å²) in [5.41, 5.74) is 3.03. The lowest BCUT2D eigenvalue weighted by molar-refractivity contribution is 0.281. The molecule has 2 fully saturated rings. The van der Waals surface area contributed by atoms with Crippen molar-refractivity contribution in [3.8, 4) is 0 Å². The number of imidazole rings is 1. The molecule has 27 heavy (non-hydrogen) atoms. The quantitative estimate of drug-likeness (QED) is 0.597. The summed E-state index contributed by atoms with van der Waals surface area (Å²) in [4.78, 5) is 18.6. The maximum Gasteiger partial charge on any atom is 0.223 e. The maximum atomic E-state index is 4.88. The molecule has 134 valence electrons. The van der Waals surface area contributed by atoms with E-state index in [-0.39, 0.29) is 0 Å². The number of nitrogens with one attached hydrogen (secondary N) is 1. The first kappa shape index (κ1) is 15.1. The van der Waals surface area contributed by atoms with E-state index in [2.05, 4.69) is 30.9 Å². The van der Waals surface area contributed by atoms with Crippen LogP contribution in [0.2, 0.25) is 0 Å². The first-order valence-corrected chi connectivity index (χ1v) is 9.66. The van der Waals surface area contributed by atoms with Crippen LogP contribution in [-0.4, -0.2) is 30.5 Å². The normalized spacial score (nSPS) is 22.1. The Kier molecular flexibility index (Phi) is 3.21. The molecule has 6 heteroatoms. The molecule has 2 aliphatic carbocycles. The number of pyridine rings is 1. The predicted molar refractivity (Wildman–Crippen MR) is 105 cm³/mol. The molecule has 0 amide bonds. The second-order valence-electron chi connectivity index (χ2n) is 7.68. The highest BCUT2D eigenvalue weighted by Crippen LogP contribution is 2.45. The van der Waals surface area contributed by atoms with Gasteiger partial charge in [-0.3, -0.25) is 0 Å². The van der Waals surface area contributed by atoms with Crippen LogP contribution in [0.3, 0.4) is 0 Å². The zero-order valence-corrected chi connectivity index (χ0v) is 14.9. The molecule has 3 heterocycles. The lowest BCUT2D eigenvalue weighted by Crippen LogP contribution is -2.38. The van der Waals surface area contributed by atoms with E-state index in [1.54, 1.807) is 0 Å². The topological polar surface area (TPSA) is 68.5 Å². The Morgan fingerprint density at radius 3 is 2.67 bits per heavy atom. The van der Waals surface area contributed by atoms with Gasteiger partial charge in [0.05, 0.1) is 5.52 Å². The van der Waals surface area contributed by atoms with E-state index in [1.807, 2.05) is 42.7 Å². The van der Waals surface area contributed by atoms with Gasteiger partial charge < -0.3 is 9.88 Å². The van der Waals surface area contributed by atoms with Crippen LogP contribution in [-0.2, 0) is 0 Å². The van der Waals surface area contributed by atoms with Crippen molar-refractivity contribution < 1.29 is 0 Å². The van der Waals surface area contributed by atoms with E-state index in [1.165, 1.54) is 18.7 Å². The minimum atomic E-state index is 0.393.